The molecule has 3 unspecified atom stereocenters. The fraction of sp³-hybridized carbons (Fsp3) is 0.562. The van der Waals surface area contributed by atoms with E-state index in [0.717, 1.165) is 24.9 Å². The lowest BCUT2D eigenvalue weighted by Gasteiger charge is -2.51. The van der Waals surface area contributed by atoms with Crippen LogP contribution >= 0.6 is 0 Å². The lowest BCUT2D eigenvalue weighted by atomic mass is 9.75. The number of para-hydroxylation sites is 1. The molecule has 4 heteroatoms. The number of nitrogens with zero attached hydrogens (tertiary/aromatic N) is 1. The Hall–Kier alpha value is -1.58. The number of carbonyl (C=O) groups is 1. The van der Waals surface area contributed by atoms with Crippen molar-refractivity contribution in [2.24, 2.45) is 5.92 Å². The molecule has 2 fully saturated rings. The fourth-order valence-electron chi connectivity index (χ4n) is 4.30. The first-order valence-corrected chi connectivity index (χ1v) is 7.63. The van der Waals surface area contributed by atoms with Gasteiger partial charge >= 0.3 is 0 Å². The van der Waals surface area contributed by atoms with Crippen LogP contribution in [0, 0.1) is 11.7 Å². The van der Waals surface area contributed by atoms with Gasteiger partial charge in [0.25, 0.3) is 0 Å². The first-order chi connectivity index (χ1) is 9.75. The zero-order valence-corrected chi connectivity index (χ0v) is 11.4. The van der Waals surface area contributed by atoms with Crippen molar-refractivity contribution in [3.05, 3.63) is 24.0 Å². The van der Waals surface area contributed by atoms with E-state index in [-0.39, 0.29) is 17.8 Å². The normalized spacial score (nSPS) is 31.9. The smallest absolute Gasteiger partial charge is 0.247 e. The molecule has 1 aromatic rings. The van der Waals surface area contributed by atoms with Gasteiger partial charge in [-0.1, -0.05) is 18.9 Å². The molecule has 1 saturated carbocycles. The first kappa shape index (κ1) is 12.2. The molecule has 2 heterocycles. The Labute approximate surface area is 118 Å². The van der Waals surface area contributed by atoms with E-state index in [0.29, 0.717) is 17.6 Å². The molecule has 0 radical (unpaired) electrons. The molecule has 1 aliphatic carbocycles. The molecule has 2 aliphatic heterocycles. The highest BCUT2D eigenvalue weighted by atomic mass is 19.1. The van der Waals surface area contributed by atoms with Gasteiger partial charge in [0.2, 0.25) is 5.91 Å². The lowest BCUT2D eigenvalue weighted by molar-refractivity contribution is -0.118. The van der Waals surface area contributed by atoms with E-state index in [4.69, 9.17) is 0 Å². The number of amides is 1. The summed E-state index contributed by atoms with van der Waals surface area (Å²) in [5, 5.41) is 2.77. The van der Waals surface area contributed by atoms with Gasteiger partial charge in [0, 0.05) is 6.04 Å². The van der Waals surface area contributed by atoms with Crippen LogP contribution in [0.4, 0.5) is 15.8 Å². The molecule has 4 rings (SSSR count). The van der Waals surface area contributed by atoms with E-state index in [1.165, 1.54) is 25.3 Å². The summed E-state index contributed by atoms with van der Waals surface area (Å²) in [4.78, 5) is 14.5. The average Bonchev–Trinajstić information content (AvgIpc) is 2.48. The van der Waals surface area contributed by atoms with Crippen LogP contribution in [0.15, 0.2) is 18.2 Å². The molecule has 0 bridgehead atoms. The van der Waals surface area contributed by atoms with E-state index in [1.807, 2.05) is 6.07 Å². The Morgan fingerprint density at radius 1 is 1.15 bits per heavy atom. The Kier molecular flexibility index (Phi) is 2.72. The van der Waals surface area contributed by atoms with Gasteiger partial charge in [0.1, 0.15) is 17.5 Å². The largest absolute Gasteiger partial charge is 0.354 e. The second kappa shape index (κ2) is 4.47. The quantitative estimate of drug-likeness (QED) is 0.787. The highest BCUT2D eigenvalue weighted by Gasteiger charge is 2.44. The van der Waals surface area contributed by atoms with Crippen molar-refractivity contribution < 1.29 is 9.18 Å². The number of anilines is 2. The summed E-state index contributed by atoms with van der Waals surface area (Å²) >= 11 is 0. The zero-order valence-electron chi connectivity index (χ0n) is 11.4. The van der Waals surface area contributed by atoms with Crippen LogP contribution in [0.1, 0.15) is 38.5 Å². The highest BCUT2D eigenvalue weighted by molar-refractivity contribution is 6.04. The van der Waals surface area contributed by atoms with Crippen molar-refractivity contribution in [1.29, 1.82) is 0 Å². The van der Waals surface area contributed by atoms with E-state index in [9.17, 15) is 9.18 Å². The predicted molar refractivity (Wildman–Crippen MR) is 76.3 cm³/mol. The number of benzene rings is 1. The van der Waals surface area contributed by atoms with Gasteiger partial charge in [-0.05, 0) is 43.7 Å². The zero-order chi connectivity index (χ0) is 13.7. The number of hydrogen-bond acceptors (Lipinski definition) is 2. The minimum atomic E-state index is -0.327. The van der Waals surface area contributed by atoms with Crippen LogP contribution in [-0.2, 0) is 4.79 Å². The van der Waals surface area contributed by atoms with E-state index >= 15 is 0 Å². The number of carbonyl (C=O) groups excluding carboxylic acids is 1. The standard InChI is InChI=1S/C16H19FN2O/c17-11-5-3-7-13-15(11)18-16(20)14-9-8-10-4-1-2-6-12(10)19(13)14/h3,5,7,10,12,14H,1-2,4,6,8-9H2,(H,18,20). The van der Waals surface area contributed by atoms with E-state index < -0.39 is 0 Å². The Balaban J connectivity index is 1.81. The maximum Gasteiger partial charge on any atom is 0.247 e. The van der Waals surface area contributed by atoms with Crippen LogP contribution < -0.4 is 10.2 Å². The topological polar surface area (TPSA) is 32.3 Å². The molecule has 1 amide bonds. The van der Waals surface area contributed by atoms with Gasteiger partial charge < -0.3 is 10.2 Å². The molecule has 1 saturated heterocycles. The van der Waals surface area contributed by atoms with Gasteiger partial charge in [-0.15, -0.1) is 0 Å². The Morgan fingerprint density at radius 3 is 2.90 bits per heavy atom. The van der Waals surface area contributed by atoms with Crippen molar-refractivity contribution in [1.82, 2.24) is 0 Å². The van der Waals surface area contributed by atoms with Crippen molar-refractivity contribution in [2.45, 2.75) is 50.6 Å². The predicted octanol–water partition coefficient (Wildman–Crippen LogP) is 3.31. The summed E-state index contributed by atoms with van der Waals surface area (Å²) in [7, 11) is 0. The molecule has 0 spiro atoms. The third kappa shape index (κ3) is 1.67. The van der Waals surface area contributed by atoms with E-state index in [2.05, 4.69) is 10.2 Å². The van der Waals surface area contributed by atoms with Gasteiger partial charge in [0.15, 0.2) is 0 Å². The minimum Gasteiger partial charge on any atom is -0.354 e. The second-order valence-corrected chi connectivity index (χ2v) is 6.24. The SMILES string of the molecule is O=C1Nc2c(F)cccc2N2C1CCC1CCCCC12. The molecule has 20 heavy (non-hydrogen) atoms. The molecule has 1 aromatic carbocycles. The molecule has 3 nitrogen and oxygen atoms in total. The Bertz CT molecular complexity index is 559. The summed E-state index contributed by atoms with van der Waals surface area (Å²) in [6.07, 6.45) is 6.91. The number of halogens is 1. The highest BCUT2D eigenvalue weighted by Crippen LogP contribution is 2.45. The van der Waals surface area contributed by atoms with Crippen LogP contribution in [0.2, 0.25) is 0 Å². The third-order valence-electron chi connectivity index (χ3n) is 5.19. The maximum atomic E-state index is 14.0. The average molecular weight is 274 g/mol. The number of rotatable bonds is 0. The first-order valence-electron chi connectivity index (χ1n) is 7.63. The summed E-state index contributed by atoms with van der Waals surface area (Å²) in [5.41, 5.74) is 1.26. The second-order valence-electron chi connectivity index (χ2n) is 6.24. The minimum absolute atomic E-state index is 0.0355. The molecule has 0 aromatic heterocycles. The van der Waals surface area contributed by atoms with Crippen LogP contribution in [0.3, 0.4) is 0 Å². The van der Waals surface area contributed by atoms with Crippen molar-refractivity contribution in [3.63, 3.8) is 0 Å². The molecular formula is C16H19FN2O. The summed E-state index contributed by atoms with van der Waals surface area (Å²) in [5.74, 6) is 0.306. The number of piperidine rings is 1. The van der Waals surface area contributed by atoms with E-state index in [1.54, 1.807) is 6.07 Å². The number of nitrogens with one attached hydrogen (secondary N) is 1. The maximum absolute atomic E-state index is 14.0. The van der Waals surface area contributed by atoms with Crippen LogP contribution in [-0.4, -0.2) is 18.0 Å². The lowest BCUT2D eigenvalue weighted by Crippen LogP contribution is -2.58. The molecule has 3 atom stereocenters. The van der Waals surface area contributed by atoms with Crippen molar-refractivity contribution >= 4 is 17.3 Å². The number of hydrogen-bond donors (Lipinski definition) is 1. The van der Waals surface area contributed by atoms with Crippen LogP contribution in [0.5, 0.6) is 0 Å². The van der Waals surface area contributed by atoms with Gasteiger partial charge in [0.05, 0.1) is 5.69 Å². The Morgan fingerprint density at radius 2 is 2.00 bits per heavy atom. The van der Waals surface area contributed by atoms with Gasteiger partial charge in [-0.2, -0.15) is 0 Å². The van der Waals surface area contributed by atoms with Crippen LogP contribution in [0.25, 0.3) is 0 Å². The monoisotopic (exact) mass is 274 g/mol. The van der Waals surface area contributed by atoms with Gasteiger partial charge in [-0.3, -0.25) is 4.79 Å². The third-order valence-corrected chi connectivity index (χ3v) is 5.19. The molecule has 3 aliphatic rings. The van der Waals surface area contributed by atoms with Crippen molar-refractivity contribution in [2.75, 3.05) is 10.2 Å². The fourth-order valence-corrected chi connectivity index (χ4v) is 4.30. The number of fused-ring (bicyclic) bond motifs is 5. The summed E-state index contributed by atoms with van der Waals surface area (Å²) in [6.45, 7) is 0. The molecular weight excluding hydrogens is 255 g/mol. The van der Waals surface area contributed by atoms with Crippen molar-refractivity contribution in [3.8, 4) is 0 Å². The molecule has 106 valence electrons. The summed E-state index contributed by atoms with van der Waals surface area (Å²) in [6, 6.07) is 5.41. The molecule has 1 N–H and O–H groups in total. The van der Waals surface area contributed by atoms with Gasteiger partial charge in [-0.25, -0.2) is 4.39 Å². The summed E-state index contributed by atoms with van der Waals surface area (Å²) < 4.78 is 14.0.